The van der Waals surface area contributed by atoms with Crippen LogP contribution in [0, 0.1) is 0 Å². The molecule has 1 aromatic heterocycles. The SMILES string of the molecule is CC(C)(C)c1ccc2nc(P(=O)(c3ccccc3)c3ccccc3)c3ccccc3c2c1. The van der Waals surface area contributed by atoms with Crippen molar-refractivity contribution in [2.45, 2.75) is 26.2 Å². The number of fused-ring (bicyclic) bond motifs is 3. The number of aromatic nitrogens is 1. The predicted molar refractivity (Wildman–Crippen MR) is 137 cm³/mol. The van der Waals surface area contributed by atoms with E-state index in [0.717, 1.165) is 32.3 Å². The lowest BCUT2D eigenvalue weighted by molar-refractivity contribution is 0.590. The van der Waals surface area contributed by atoms with Gasteiger partial charge in [-0.05, 0) is 28.5 Å². The third-order valence-electron chi connectivity index (χ3n) is 6.08. The Balaban J connectivity index is 1.91. The quantitative estimate of drug-likeness (QED) is 0.245. The molecule has 32 heavy (non-hydrogen) atoms. The van der Waals surface area contributed by atoms with Crippen molar-refractivity contribution in [3.8, 4) is 0 Å². The summed E-state index contributed by atoms with van der Waals surface area (Å²) in [4.78, 5) is 5.09. The smallest absolute Gasteiger partial charge is 0.189 e. The summed E-state index contributed by atoms with van der Waals surface area (Å²) in [5, 5.41) is 4.74. The molecule has 2 nitrogen and oxygen atoms in total. The third kappa shape index (κ3) is 3.36. The number of hydrogen-bond donors (Lipinski definition) is 0. The highest BCUT2D eigenvalue weighted by Gasteiger charge is 2.33. The molecule has 0 unspecified atom stereocenters. The molecule has 5 aromatic rings. The van der Waals surface area contributed by atoms with Gasteiger partial charge in [0.15, 0.2) is 7.14 Å². The van der Waals surface area contributed by atoms with Crippen molar-refractivity contribution >= 4 is 44.9 Å². The largest absolute Gasteiger partial charge is 0.307 e. The van der Waals surface area contributed by atoms with Crippen molar-refractivity contribution in [3.05, 3.63) is 109 Å². The second kappa shape index (κ2) is 7.73. The van der Waals surface area contributed by atoms with Crippen molar-refractivity contribution in [1.82, 2.24) is 4.98 Å². The molecule has 3 heteroatoms. The van der Waals surface area contributed by atoms with Gasteiger partial charge in [-0.2, -0.15) is 0 Å². The first-order chi connectivity index (χ1) is 15.4. The van der Waals surface area contributed by atoms with Gasteiger partial charge in [-0.3, -0.25) is 0 Å². The highest BCUT2D eigenvalue weighted by Crippen LogP contribution is 2.44. The van der Waals surface area contributed by atoms with Gasteiger partial charge in [0.2, 0.25) is 0 Å². The van der Waals surface area contributed by atoms with Crippen LogP contribution in [-0.2, 0) is 9.98 Å². The van der Waals surface area contributed by atoms with E-state index in [1.807, 2.05) is 72.8 Å². The molecular weight excluding hydrogens is 409 g/mol. The van der Waals surface area contributed by atoms with Crippen molar-refractivity contribution in [3.63, 3.8) is 0 Å². The molecular formula is C29H26NOP. The van der Waals surface area contributed by atoms with Gasteiger partial charge in [0.05, 0.1) is 5.52 Å². The topological polar surface area (TPSA) is 30.0 Å². The van der Waals surface area contributed by atoms with Crippen LogP contribution in [0.25, 0.3) is 21.7 Å². The normalized spacial score (nSPS) is 12.3. The Bertz CT molecular complexity index is 1420. The van der Waals surface area contributed by atoms with E-state index in [0.29, 0.717) is 5.44 Å². The molecule has 0 fully saturated rings. The maximum atomic E-state index is 15.0. The number of rotatable bonds is 3. The zero-order valence-electron chi connectivity index (χ0n) is 18.6. The van der Waals surface area contributed by atoms with E-state index in [1.54, 1.807) is 0 Å². The minimum absolute atomic E-state index is 0.0390. The minimum Gasteiger partial charge on any atom is -0.307 e. The highest BCUT2D eigenvalue weighted by atomic mass is 31.2. The molecule has 0 aliphatic carbocycles. The van der Waals surface area contributed by atoms with Crippen LogP contribution in [-0.4, -0.2) is 4.98 Å². The van der Waals surface area contributed by atoms with E-state index in [9.17, 15) is 0 Å². The highest BCUT2D eigenvalue weighted by molar-refractivity contribution is 7.85. The first-order valence-corrected chi connectivity index (χ1v) is 12.6. The number of benzene rings is 4. The monoisotopic (exact) mass is 435 g/mol. The summed E-state index contributed by atoms with van der Waals surface area (Å²) >= 11 is 0. The molecule has 158 valence electrons. The lowest BCUT2D eigenvalue weighted by Gasteiger charge is -2.23. The molecule has 0 spiro atoms. The second-order valence-electron chi connectivity index (χ2n) is 9.24. The fraction of sp³-hybridized carbons (Fsp3) is 0.138. The van der Waals surface area contributed by atoms with Crippen molar-refractivity contribution in [1.29, 1.82) is 0 Å². The fourth-order valence-corrected chi connectivity index (χ4v) is 7.07. The lowest BCUT2D eigenvalue weighted by Crippen LogP contribution is -2.27. The van der Waals surface area contributed by atoms with Gasteiger partial charge in [0, 0.05) is 21.4 Å². The molecule has 0 aliphatic rings. The second-order valence-corrected chi connectivity index (χ2v) is 11.9. The van der Waals surface area contributed by atoms with E-state index in [4.69, 9.17) is 4.98 Å². The zero-order chi connectivity index (χ0) is 22.3. The van der Waals surface area contributed by atoms with Crippen LogP contribution in [0.2, 0.25) is 0 Å². The molecule has 0 amide bonds. The Morgan fingerprint density at radius 3 is 1.72 bits per heavy atom. The lowest BCUT2D eigenvalue weighted by atomic mass is 9.86. The summed E-state index contributed by atoms with van der Waals surface area (Å²) < 4.78 is 15.0. The van der Waals surface area contributed by atoms with Gasteiger partial charge >= 0.3 is 0 Å². The summed E-state index contributed by atoms with van der Waals surface area (Å²) in [7, 11) is -3.18. The van der Waals surface area contributed by atoms with Crippen molar-refractivity contribution in [2.75, 3.05) is 0 Å². The van der Waals surface area contributed by atoms with Crippen LogP contribution in [0.5, 0.6) is 0 Å². The molecule has 0 radical (unpaired) electrons. The summed E-state index contributed by atoms with van der Waals surface area (Å²) in [5.41, 5.74) is 2.83. The standard InChI is InChI=1S/C29H26NOP/c1-29(2,3)21-18-19-27-26(20-21)24-16-10-11-17-25(24)28(30-27)32(31,22-12-6-4-7-13-22)23-14-8-5-9-15-23/h4-20H,1-3H3. The van der Waals surface area contributed by atoms with E-state index in [2.05, 4.69) is 51.1 Å². The summed E-state index contributed by atoms with van der Waals surface area (Å²) in [6.45, 7) is 6.66. The summed E-state index contributed by atoms with van der Waals surface area (Å²) in [6, 6.07) is 34.2. The average Bonchev–Trinajstić information content (AvgIpc) is 2.83. The van der Waals surface area contributed by atoms with Crippen LogP contribution >= 0.6 is 7.14 Å². The average molecular weight is 436 g/mol. The maximum Gasteiger partial charge on any atom is 0.189 e. The van der Waals surface area contributed by atoms with E-state index in [-0.39, 0.29) is 5.41 Å². The van der Waals surface area contributed by atoms with Crippen LogP contribution in [0.15, 0.2) is 103 Å². The van der Waals surface area contributed by atoms with E-state index < -0.39 is 7.14 Å². The summed E-state index contributed by atoms with van der Waals surface area (Å²) in [6.07, 6.45) is 0. The van der Waals surface area contributed by atoms with Gasteiger partial charge in [0.25, 0.3) is 0 Å². The Kier molecular flexibility index (Phi) is 4.99. The van der Waals surface area contributed by atoms with Crippen molar-refractivity contribution < 1.29 is 4.57 Å². The molecule has 0 saturated heterocycles. The molecule has 1 heterocycles. The minimum atomic E-state index is -3.18. The first kappa shape index (κ1) is 20.7. The Hall–Kier alpha value is -3.22. The molecule has 0 atom stereocenters. The van der Waals surface area contributed by atoms with Gasteiger partial charge < -0.3 is 4.57 Å². The van der Waals surface area contributed by atoms with Gasteiger partial charge in [-0.15, -0.1) is 0 Å². The third-order valence-corrected chi connectivity index (χ3v) is 9.07. The van der Waals surface area contributed by atoms with Gasteiger partial charge in [-0.1, -0.05) is 112 Å². The van der Waals surface area contributed by atoms with Crippen LogP contribution in [0.1, 0.15) is 26.3 Å². The van der Waals surface area contributed by atoms with Gasteiger partial charge in [0.1, 0.15) is 5.44 Å². The molecule has 0 N–H and O–H groups in total. The van der Waals surface area contributed by atoms with E-state index >= 15 is 4.57 Å². The molecule has 4 aromatic carbocycles. The number of pyridine rings is 1. The molecule has 0 saturated carbocycles. The Labute approximate surface area is 189 Å². The maximum absolute atomic E-state index is 15.0. The Morgan fingerprint density at radius 1 is 0.625 bits per heavy atom. The predicted octanol–water partition coefficient (Wildman–Crippen LogP) is 6.32. The van der Waals surface area contributed by atoms with Crippen LogP contribution < -0.4 is 16.0 Å². The number of hydrogen-bond acceptors (Lipinski definition) is 2. The first-order valence-electron chi connectivity index (χ1n) is 10.9. The van der Waals surface area contributed by atoms with Crippen LogP contribution in [0.3, 0.4) is 0 Å². The van der Waals surface area contributed by atoms with Crippen molar-refractivity contribution in [2.24, 2.45) is 0 Å². The van der Waals surface area contributed by atoms with Crippen LogP contribution in [0.4, 0.5) is 0 Å². The molecule has 0 bridgehead atoms. The zero-order valence-corrected chi connectivity index (χ0v) is 19.5. The molecule has 5 rings (SSSR count). The fourth-order valence-electron chi connectivity index (χ4n) is 4.31. The number of nitrogens with zero attached hydrogens (tertiary/aromatic N) is 1. The van der Waals surface area contributed by atoms with Gasteiger partial charge in [-0.25, -0.2) is 4.98 Å². The molecule has 0 aliphatic heterocycles. The van der Waals surface area contributed by atoms with E-state index in [1.165, 1.54) is 5.56 Å². The Morgan fingerprint density at radius 2 is 1.16 bits per heavy atom. The summed E-state index contributed by atoms with van der Waals surface area (Å²) in [5.74, 6) is 0.